The van der Waals surface area contributed by atoms with Crippen LogP contribution in [0.2, 0.25) is 5.15 Å². The zero-order chi connectivity index (χ0) is 13.1. The number of aromatic nitrogens is 3. The van der Waals surface area contributed by atoms with Crippen LogP contribution in [-0.4, -0.2) is 20.7 Å². The number of amides is 1. The van der Waals surface area contributed by atoms with Gasteiger partial charge in [-0.2, -0.15) is 5.10 Å². The van der Waals surface area contributed by atoms with E-state index in [1.165, 1.54) is 4.68 Å². The lowest BCUT2D eigenvalue weighted by atomic mass is 10.2. The first-order valence-electron chi connectivity index (χ1n) is 5.26. The van der Waals surface area contributed by atoms with E-state index in [-0.39, 0.29) is 17.6 Å². The van der Waals surface area contributed by atoms with Gasteiger partial charge in [0.25, 0.3) is 0 Å². The molecule has 1 amide bonds. The minimum absolute atomic E-state index is 0.0713. The first kappa shape index (κ1) is 12.4. The number of anilines is 2. The summed E-state index contributed by atoms with van der Waals surface area (Å²) in [5.41, 5.74) is 6.83. The second kappa shape index (κ2) is 5.05. The summed E-state index contributed by atoms with van der Waals surface area (Å²) < 4.78 is 1.45. The highest BCUT2D eigenvalue weighted by Gasteiger charge is 2.10. The average Bonchev–Trinajstić information content (AvgIpc) is 2.69. The maximum atomic E-state index is 11.8. The Morgan fingerprint density at radius 1 is 1.56 bits per heavy atom. The standard InChI is InChI=1S/C11H12ClN5O/c1-7-2-4-14-11(12)10(7)15-9(18)6-17-5-3-8(13)16-17/h2-5H,6H2,1H3,(H2,13,16)(H,15,18). The molecule has 2 heterocycles. The summed E-state index contributed by atoms with van der Waals surface area (Å²) in [6, 6.07) is 3.39. The number of rotatable bonds is 3. The van der Waals surface area contributed by atoms with E-state index in [9.17, 15) is 4.79 Å². The molecule has 7 heteroatoms. The van der Waals surface area contributed by atoms with Crippen molar-refractivity contribution < 1.29 is 4.79 Å². The van der Waals surface area contributed by atoms with Gasteiger partial charge in [-0.1, -0.05) is 11.6 Å². The SMILES string of the molecule is Cc1ccnc(Cl)c1NC(=O)Cn1ccc(N)n1. The fourth-order valence-electron chi connectivity index (χ4n) is 1.47. The predicted octanol–water partition coefficient (Wildman–Crippen LogP) is 1.46. The molecule has 6 nitrogen and oxygen atoms in total. The number of nitrogens with one attached hydrogen (secondary N) is 1. The van der Waals surface area contributed by atoms with Crippen LogP contribution in [-0.2, 0) is 11.3 Å². The van der Waals surface area contributed by atoms with E-state index in [1.54, 1.807) is 24.5 Å². The molecular weight excluding hydrogens is 254 g/mol. The topological polar surface area (TPSA) is 85.8 Å². The summed E-state index contributed by atoms with van der Waals surface area (Å²) in [7, 11) is 0. The van der Waals surface area contributed by atoms with Gasteiger partial charge in [-0.3, -0.25) is 9.48 Å². The van der Waals surface area contributed by atoms with Crippen LogP contribution in [0.4, 0.5) is 11.5 Å². The molecule has 3 N–H and O–H groups in total. The molecule has 2 aromatic heterocycles. The van der Waals surface area contributed by atoms with E-state index < -0.39 is 0 Å². The number of halogens is 1. The van der Waals surface area contributed by atoms with E-state index >= 15 is 0 Å². The number of carbonyl (C=O) groups is 1. The maximum Gasteiger partial charge on any atom is 0.246 e. The molecule has 2 rings (SSSR count). The number of hydrogen-bond donors (Lipinski definition) is 2. The molecule has 2 aromatic rings. The van der Waals surface area contributed by atoms with Crippen LogP contribution in [0.25, 0.3) is 0 Å². The molecule has 0 aliphatic heterocycles. The van der Waals surface area contributed by atoms with Crippen LogP contribution >= 0.6 is 11.6 Å². The van der Waals surface area contributed by atoms with Crippen molar-refractivity contribution in [1.82, 2.24) is 14.8 Å². The van der Waals surface area contributed by atoms with Gasteiger partial charge in [0.05, 0.1) is 5.69 Å². The van der Waals surface area contributed by atoms with Gasteiger partial charge < -0.3 is 11.1 Å². The number of nitrogens with zero attached hydrogens (tertiary/aromatic N) is 3. The van der Waals surface area contributed by atoms with Crippen LogP contribution in [0.5, 0.6) is 0 Å². The third-order valence-electron chi connectivity index (χ3n) is 2.34. The van der Waals surface area contributed by atoms with Gasteiger partial charge in [-0.05, 0) is 24.6 Å². The normalized spacial score (nSPS) is 10.3. The highest BCUT2D eigenvalue weighted by atomic mass is 35.5. The number of nitrogens with two attached hydrogens (primary N) is 1. The average molecular weight is 266 g/mol. The van der Waals surface area contributed by atoms with Gasteiger partial charge in [0, 0.05) is 12.4 Å². The molecule has 0 unspecified atom stereocenters. The lowest BCUT2D eigenvalue weighted by Gasteiger charge is -2.09. The van der Waals surface area contributed by atoms with Crippen molar-refractivity contribution in [3.8, 4) is 0 Å². The molecule has 0 aromatic carbocycles. The van der Waals surface area contributed by atoms with E-state index in [2.05, 4.69) is 15.4 Å². The van der Waals surface area contributed by atoms with E-state index in [4.69, 9.17) is 17.3 Å². The first-order chi connectivity index (χ1) is 8.56. The molecule has 18 heavy (non-hydrogen) atoms. The van der Waals surface area contributed by atoms with Crippen molar-refractivity contribution in [3.05, 3.63) is 35.2 Å². The second-order valence-electron chi connectivity index (χ2n) is 3.78. The molecule has 0 aliphatic carbocycles. The maximum absolute atomic E-state index is 11.8. The highest BCUT2D eigenvalue weighted by Crippen LogP contribution is 2.22. The number of pyridine rings is 1. The largest absolute Gasteiger partial charge is 0.382 e. The van der Waals surface area contributed by atoms with Crippen molar-refractivity contribution in [2.75, 3.05) is 11.1 Å². The molecule has 0 bridgehead atoms. The van der Waals surface area contributed by atoms with Crippen LogP contribution in [0.15, 0.2) is 24.5 Å². The smallest absolute Gasteiger partial charge is 0.246 e. The van der Waals surface area contributed by atoms with Gasteiger partial charge in [0.1, 0.15) is 12.4 Å². The molecule has 0 aliphatic rings. The monoisotopic (exact) mass is 265 g/mol. The van der Waals surface area contributed by atoms with Gasteiger partial charge in [0.2, 0.25) is 5.91 Å². The first-order valence-corrected chi connectivity index (χ1v) is 5.64. The third-order valence-corrected chi connectivity index (χ3v) is 2.63. The van der Waals surface area contributed by atoms with Crippen LogP contribution in [0, 0.1) is 6.92 Å². The van der Waals surface area contributed by atoms with E-state index in [0.717, 1.165) is 5.56 Å². The Morgan fingerprint density at radius 3 is 2.94 bits per heavy atom. The fraction of sp³-hybridized carbons (Fsp3) is 0.182. The van der Waals surface area contributed by atoms with Gasteiger partial charge in [-0.25, -0.2) is 4.98 Å². The predicted molar refractivity (Wildman–Crippen MR) is 69.3 cm³/mol. The molecule has 0 saturated heterocycles. The molecule has 0 atom stereocenters. The number of hydrogen-bond acceptors (Lipinski definition) is 4. The van der Waals surface area contributed by atoms with Crippen molar-refractivity contribution in [1.29, 1.82) is 0 Å². The summed E-state index contributed by atoms with van der Waals surface area (Å²) in [5.74, 6) is 0.134. The van der Waals surface area contributed by atoms with Gasteiger partial charge in [-0.15, -0.1) is 0 Å². The Balaban J connectivity index is 2.08. The Hall–Kier alpha value is -2.08. The lowest BCUT2D eigenvalue weighted by Crippen LogP contribution is -2.20. The van der Waals surface area contributed by atoms with Crippen molar-refractivity contribution in [2.24, 2.45) is 0 Å². The molecule has 0 spiro atoms. The lowest BCUT2D eigenvalue weighted by molar-refractivity contribution is -0.116. The zero-order valence-corrected chi connectivity index (χ0v) is 10.5. The molecular formula is C11H12ClN5O. The summed E-state index contributed by atoms with van der Waals surface area (Å²) in [4.78, 5) is 15.7. The Bertz CT molecular complexity index is 560. The quantitative estimate of drug-likeness (QED) is 0.823. The van der Waals surface area contributed by atoms with Gasteiger partial charge >= 0.3 is 0 Å². The summed E-state index contributed by atoms with van der Waals surface area (Å²) in [5, 5.41) is 6.89. The Labute approximate surface area is 109 Å². The Kier molecular flexibility index (Phi) is 3.47. The summed E-state index contributed by atoms with van der Waals surface area (Å²) >= 11 is 5.91. The van der Waals surface area contributed by atoms with Gasteiger partial charge in [0.15, 0.2) is 5.15 Å². The molecule has 0 radical (unpaired) electrons. The molecule has 94 valence electrons. The minimum Gasteiger partial charge on any atom is -0.382 e. The Morgan fingerprint density at radius 2 is 2.33 bits per heavy atom. The minimum atomic E-state index is -0.240. The molecule has 0 saturated carbocycles. The summed E-state index contributed by atoms with van der Waals surface area (Å²) in [6.45, 7) is 1.91. The van der Waals surface area contributed by atoms with Crippen LogP contribution in [0.1, 0.15) is 5.56 Å². The zero-order valence-electron chi connectivity index (χ0n) is 9.72. The van der Waals surface area contributed by atoms with Crippen LogP contribution in [0.3, 0.4) is 0 Å². The summed E-state index contributed by atoms with van der Waals surface area (Å²) in [6.07, 6.45) is 3.22. The second-order valence-corrected chi connectivity index (χ2v) is 4.14. The number of aryl methyl sites for hydroxylation is 1. The van der Waals surface area contributed by atoms with Crippen molar-refractivity contribution in [3.63, 3.8) is 0 Å². The van der Waals surface area contributed by atoms with Crippen molar-refractivity contribution >= 4 is 29.0 Å². The van der Waals surface area contributed by atoms with E-state index in [1.807, 2.05) is 6.92 Å². The third kappa shape index (κ3) is 2.78. The van der Waals surface area contributed by atoms with Crippen LogP contribution < -0.4 is 11.1 Å². The van der Waals surface area contributed by atoms with Crippen molar-refractivity contribution in [2.45, 2.75) is 13.5 Å². The molecule has 0 fully saturated rings. The van der Waals surface area contributed by atoms with E-state index in [0.29, 0.717) is 11.5 Å². The number of carbonyl (C=O) groups excluding carboxylic acids is 1. The highest BCUT2D eigenvalue weighted by molar-refractivity contribution is 6.32. The fourth-order valence-corrected chi connectivity index (χ4v) is 1.72. The number of nitrogen functional groups attached to an aromatic ring is 1.